The second-order valence-corrected chi connectivity index (χ2v) is 6.49. The molecule has 0 bridgehead atoms. The zero-order valence-electron chi connectivity index (χ0n) is 16.1. The van der Waals surface area contributed by atoms with Crippen LogP contribution < -0.4 is 10.2 Å². The molecule has 0 saturated carbocycles. The fraction of sp³-hybridized carbons (Fsp3) is 0.174. The molecule has 1 heterocycles. The number of Topliss-reactive ketones (excluding diaryl/α,β-unsaturated/α-hetero) is 1. The Morgan fingerprint density at radius 2 is 1.68 bits per heavy atom. The molecule has 0 fully saturated rings. The molecule has 0 aliphatic heterocycles. The van der Waals surface area contributed by atoms with E-state index in [-0.39, 0.29) is 11.7 Å². The normalized spacial score (nSPS) is 10.4. The molecule has 0 saturated heterocycles. The van der Waals surface area contributed by atoms with E-state index in [4.69, 9.17) is 0 Å². The van der Waals surface area contributed by atoms with Crippen molar-refractivity contribution >= 4 is 23.1 Å². The predicted molar refractivity (Wildman–Crippen MR) is 112 cm³/mol. The van der Waals surface area contributed by atoms with Crippen molar-refractivity contribution in [2.75, 3.05) is 16.8 Å². The number of aromatic nitrogens is 1. The number of carbonyl (C=O) groups excluding carboxylic acids is 2. The molecule has 1 aromatic heterocycles. The lowest BCUT2D eigenvalue weighted by atomic mass is 10.1. The standard InChI is InChI=1S/C23H23N3O2/c1-3-26(16-18-7-5-4-6-8-18)21-13-14-22(24-15-21)23(28)25-20-11-9-19(10-12-20)17(2)27/h4-15H,3,16H2,1-2H3,(H,25,28). The Morgan fingerprint density at radius 3 is 2.25 bits per heavy atom. The van der Waals surface area contributed by atoms with Crippen LogP contribution in [0.4, 0.5) is 11.4 Å². The maximum Gasteiger partial charge on any atom is 0.274 e. The van der Waals surface area contributed by atoms with Gasteiger partial charge in [-0.2, -0.15) is 0 Å². The average Bonchev–Trinajstić information content (AvgIpc) is 2.73. The Morgan fingerprint density at radius 1 is 0.964 bits per heavy atom. The molecule has 3 aromatic rings. The van der Waals surface area contributed by atoms with Gasteiger partial charge in [-0.05, 0) is 55.8 Å². The monoisotopic (exact) mass is 373 g/mol. The summed E-state index contributed by atoms with van der Waals surface area (Å²) in [5, 5.41) is 2.80. The van der Waals surface area contributed by atoms with Crippen LogP contribution in [-0.4, -0.2) is 23.2 Å². The lowest BCUT2D eigenvalue weighted by molar-refractivity contribution is 0.101. The number of nitrogens with zero attached hydrogens (tertiary/aromatic N) is 2. The van der Waals surface area contributed by atoms with Crippen LogP contribution in [0.3, 0.4) is 0 Å². The van der Waals surface area contributed by atoms with E-state index in [1.807, 2.05) is 24.3 Å². The molecule has 0 aliphatic rings. The van der Waals surface area contributed by atoms with Gasteiger partial charge in [0.15, 0.2) is 5.78 Å². The van der Waals surface area contributed by atoms with Gasteiger partial charge in [-0.3, -0.25) is 9.59 Å². The Bertz CT molecular complexity index is 936. The first-order valence-electron chi connectivity index (χ1n) is 9.24. The van der Waals surface area contributed by atoms with Crippen LogP contribution in [0.1, 0.15) is 40.3 Å². The summed E-state index contributed by atoms with van der Waals surface area (Å²) in [7, 11) is 0. The van der Waals surface area contributed by atoms with E-state index in [0.29, 0.717) is 16.9 Å². The second kappa shape index (κ2) is 8.95. The van der Waals surface area contributed by atoms with E-state index in [0.717, 1.165) is 18.8 Å². The van der Waals surface area contributed by atoms with E-state index in [2.05, 4.69) is 34.3 Å². The topological polar surface area (TPSA) is 62.3 Å². The molecule has 28 heavy (non-hydrogen) atoms. The number of carbonyl (C=O) groups is 2. The number of rotatable bonds is 7. The first-order valence-corrected chi connectivity index (χ1v) is 9.24. The number of anilines is 2. The number of amides is 1. The zero-order valence-corrected chi connectivity index (χ0v) is 16.1. The maximum atomic E-state index is 12.4. The molecular weight excluding hydrogens is 350 g/mol. The summed E-state index contributed by atoms with van der Waals surface area (Å²) in [6.07, 6.45) is 1.72. The number of ketones is 1. The minimum Gasteiger partial charge on any atom is -0.366 e. The highest BCUT2D eigenvalue weighted by molar-refractivity contribution is 6.03. The van der Waals surface area contributed by atoms with Crippen LogP contribution in [0.25, 0.3) is 0 Å². The highest BCUT2D eigenvalue weighted by Crippen LogP contribution is 2.17. The minimum atomic E-state index is -0.284. The van der Waals surface area contributed by atoms with Crippen molar-refractivity contribution in [3.63, 3.8) is 0 Å². The van der Waals surface area contributed by atoms with Crippen LogP contribution in [0, 0.1) is 0 Å². The summed E-state index contributed by atoms with van der Waals surface area (Å²) in [5.41, 5.74) is 3.77. The minimum absolute atomic E-state index is 0.00823. The summed E-state index contributed by atoms with van der Waals surface area (Å²) in [6, 6.07) is 20.7. The highest BCUT2D eigenvalue weighted by atomic mass is 16.2. The fourth-order valence-electron chi connectivity index (χ4n) is 2.88. The number of pyridine rings is 1. The van der Waals surface area contributed by atoms with Gasteiger partial charge in [-0.15, -0.1) is 0 Å². The molecule has 1 N–H and O–H groups in total. The van der Waals surface area contributed by atoms with Gasteiger partial charge in [0.25, 0.3) is 5.91 Å². The second-order valence-electron chi connectivity index (χ2n) is 6.49. The van der Waals surface area contributed by atoms with Crippen molar-refractivity contribution in [1.29, 1.82) is 0 Å². The summed E-state index contributed by atoms with van der Waals surface area (Å²) in [6.45, 7) is 5.22. The lowest BCUT2D eigenvalue weighted by Gasteiger charge is -2.23. The van der Waals surface area contributed by atoms with Gasteiger partial charge in [0.2, 0.25) is 0 Å². The Hall–Kier alpha value is -3.47. The summed E-state index contributed by atoms with van der Waals surface area (Å²) in [5.74, 6) is -0.292. The third kappa shape index (κ3) is 4.82. The zero-order chi connectivity index (χ0) is 19.9. The fourth-order valence-corrected chi connectivity index (χ4v) is 2.88. The van der Waals surface area contributed by atoms with Crippen LogP contribution in [0.2, 0.25) is 0 Å². The first kappa shape index (κ1) is 19.3. The molecule has 5 nitrogen and oxygen atoms in total. The predicted octanol–water partition coefficient (Wildman–Crippen LogP) is 4.56. The largest absolute Gasteiger partial charge is 0.366 e. The van der Waals surface area contributed by atoms with Crippen LogP contribution in [-0.2, 0) is 6.54 Å². The van der Waals surface area contributed by atoms with E-state index < -0.39 is 0 Å². The highest BCUT2D eigenvalue weighted by Gasteiger charge is 2.11. The van der Waals surface area contributed by atoms with Gasteiger partial charge >= 0.3 is 0 Å². The molecule has 0 radical (unpaired) electrons. The SMILES string of the molecule is CCN(Cc1ccccc1)c1ccc(C(=O)Nc2ccc(C(C)=O)cc2)nc1. The molecule has 0 spiro atoms. The van der Waals surface area contributed by atoms with Crippen molar-refractivity contribution < 1.29 is 9.59 Å². The molecule has 0 atom stereocenters. The van der Waals surface area contributed by atoms with Crippen LogP contribution in [0.5, 0.6) is 0 Å². The van der Waals surface area contributed by atoms with E-state index >= 15 is 0 Å². The van der Waals surface area contributed by atoms with Crippen LogP contribution in [0.15, 0.2) is 72.9 Å². The molecule has 5 heteroatoms. The van der Waals surface area contributed by atoms with Crippen molar-refractivity contribution in [3.05, 3.63) is 89.7 Å². The summed E-state index contributed by atoms with van der Waals surface area (Å²) in [4.78, 5) is 30.3. The van der Waals surface area contributed by atoms with Gasteiger partial charge < -0.3 is 10.2 Å². The number of hydrogen-bond donors (Lipinski definition) is 1. The van der Waals surface area contributed by atoms with Crippen LogP contribution >= 0.6 is 0 Å². The van der Waals surface area contributed by atoms with Gasteiger partial charge in [0.1, 0.15) is 5.69 Å². The Kier molecular flexibility index (Phi) is 6.17. The Balaban J connectivity index is 1.67. The quantitative estimate of drug-likeness (QED) is 0.617. The van der Waals surface area contributed by atoms with Crippen molar-refractivity contribution in [2.45, 2.75) is 20.4 Å². The molecule has 142 valence electrons. The summed E-state index contributed by atoms with van der Waals surface area (Å²) >= 11 is 0. The molecule has 0 unspecified atom stereocenters. The first-order chi connectivity index (χ1) is 13.6. The number of nitrogens with one attached hydrogen (secondary N) is 1. The van der Waals surface area contributed by atoms with Gasteiger partial charge in [0.05, 0.1) is 11.9 Å². The van der Waals surface area contributed by atoms with E-state index in [1.54, 1.807) is 36.5 Å². The third-order valence-corrected chi connectivity index (χ3v) is 4.49. The maximum absolute atomic E-state index is 12.4. The number of hydrogen-bond acceptors (Lipinski definition) is 4. The average molecular weight is 373 g/mol. The molecule has 3 rings (SSSR count). The molecule has 2 aromatic carbocycles. The van der Waals surface area contributed by atoms with Crippen molar-refractivity contribution in [3.8, 4) is 0 Å². The Labute approximate surface area is 165 Å². The number of benzene rings is 2. The molecule has 1 amide bonds. The van der Waals surface area contributed by atoms with E-state index in [9.17, 15) is 9.59 Å². The smallest absolute Gasteiger partial charge is 0.274 e. The van der Waals surface area contributed by atoms with Gasteiger partial charge in [-0.1, -0.05) is 30.3 Å². The lowest BCUT2D eigenvalue weighted by Crippen LogP contribution is -2.22. The molecular formula is C23H23N3O2. The third-order valence-electron chi connectivity index (χ3n) is 4.49. The van der Waals surface area contributed by atoms with Crippen molar-refractivity contribution in [2.24, 2.45) is 0 Å². The van der Waals surface area contributed by atoms with Gasteiger partial charge in [0, 0.05) is 24.3 Å². The van der Waals surface area contributed by atoms with Gasteiger partial charge in [-0.25, -0.2) is 4.98 Å². The van der Waals surface area contributed by atoms with Crippen molar-refractivity contribution in [1.82, 2.24) is 4.98 Å². The summed E-state index contributed by atoms with van der Waals surface area (Å²) < 4.78 is 0. The molecule has 0 aliphatic carbocycles. The van der Waals surface area contributed by atoms with E-state index in [1.165, 1.54) is 12.5 Å².